The molecule has 0 bridgehead atoms. The van der Waals surface area contributed by atoms with Crippen molar-refractivity contribution in [2.75, 3.05) is 0 Å². The zero-order valence-electron chi connectivity index (χ0n) is 7.61. The highest BCUT2D eigenvalue weighted by atomic mass is 32.1. The summed E-state index contributed by atoms with van der Waals surface area (Å²) >= 11 is 1.29. The molecule has 0 unspecified atom stereocenters. The summed E-state index contributed by atoms with van der Waals surface area (Å²) in [5.41, 5.74) is 0.650. The molecule has 0 aliphatic heterocycles. The van der Waals surface area contributed by atoms with E-state index < -0.39 is 0 Å². The van der Waals surface area contributed by atoms with Gasteiger partial charge in [-0.3, -0.25) is 9.59 Å². The molecule has 2 aromatic heterocycles. The lowest BCUT2D eigenvalue weighted by atomic mass is 10.0. The van der Waals surface area contributed by atoms with Gasteiger partial charge in [0.15, 0.2) is 5.78 Å². The fourth-order valence-corrected chi connectivity index (χ4v) is 2.85. The average Bonchev–Trinajstić information content (AvgIpc) is 2.59. The van der Waals surface area contributed by atoms with Gasteiger partial charge in [-0.2, -0.15) is 0 Å². The van der Waals surface area contributed by atoms with Crippen LogP contribution in [0.2, 0.25) is 0 Å². The summed E-state index contributed by atoms with van der Waals surface area (Å²) < 4.78 is 0. The van der Waals surface area contributed by atoms with E-state index >= 15 is 0 Å². The third kappa shape index (κ3) is 1.10. The molecule has 0 fully saturated rings. The number of aromatic amines is 1. The number of nitrogens with one attached hydrogen (secondary N) is 1. The van der Waals surface area contributed by atoms with Crippen LogP contribution in [-0.2, 0) is 6.42 Å². The molecule has 1 N–H and O–H groups in total. The Balaban J connectivity index is 2.50. The van der Waals surface area contributed by atoms with E-state index in [9.17, 15) is 9.59 Å². The Bertz CT molecular complexity index is 651. The molecular weight excluding hydrogens is 212 g/mol. The first-order chi connectivity index (χ1) is 7.27. The molecule has 15 heavy (non-hydrogen) atoms. The number of hydrogen-bond acceptors (Lipinski definition) is 4. The molecule has 74 valence electrons. The smallest absolute Gasteiger partial charge is 0.259 e. The topological polar surface area (TPSA) is 62.8 Å². The number of carbonyl (C=O) groups is 1. The normalized spacial score (nSPS) is 14.5. The van der Waals surface area contributed by atoms with Gasteiger partial charge in [-0.25, -0.2) is 4.98 Å². The Labute approximate surface area is 88.3 Å². The van der Waals surface area contributed by atoms with E-state index in [1.165, 1.54) is 17.7 Å². The molecule has 0 saturated heterocycles. The largest absolute Gasteiger partial charge is 0.313 e. The SMILES string of the molecule is O=C1C=CCc2c1sc1nc[nH]c(=O)c21. The molecule has 0 spiro atoms. The van der Waals surface area contributed by atoms with Gasteiger partial charge in [0.05, 0.1) is 16.6 Å². The van der Waals surface area contributed by atoms with Crippen molar-refractivity contribution in [1.82, 2.24) is 9.97 Å². The predicted octanol–water partition coefficient (Wildman–Crippen LogP) is 1.28. The van der Waals surface area contributed by atoms with Crippen LogP contribution in [0.15, 0.2) is 23.3 Å². The molecule has 2 aromatic rings. The van der Waals surface area contributed by atoms with Crippen molar-refractivity contribution < 1.29 is 4.79 Å². The molecule has 0 amide bonds. The first-order valence-electron chi connectivity index (χ1n) is 4.47. The lowest BCUT2D eigenvalue weighted by Gasteiger charge is -2.02. The zero-order valence-corrected chi connectivity index (χ0v) is 8.43. The van der Waals surface area contributed by atoms with E-state index in [2.05, 4.69) is 9.97 Å². The number of rotatable bonds is 0. The fourth-order valence-electron chi connectivity index (χ4n) is 1.75. The maximum absolute atomic E-state index is 11.6. The summed E-state index contributed by atoms with van der Waals surface area (Å²) in [6.45, 7) is 0. The molecule has 2 heterocycles. The molecule has 1 aliphatic rings. The first-order valence-corrected chi connectivity index (χ1v) is 5.29. The number of carbonyl (C=O) groups excluding carboxylic acids is 1. The minimum atomic E-state index is -0.166. The Kier molecular flexibility index (Phi) is 1.63. The van der Waals surface area contributed by atoms with Crippen LogP contribution < -0.4 is 5.56 Å². The van der Waals surface area contributed by atoms with Crippen LogP contribution in [0.1, 0.15) is 15.2 Å². The molecule has 0 aromatic carbocycles. The van der Waals surface area contributed by atoms with Crippen LogP contribution in [-0.4, -0.2) is 15.8 Å². The van der Waals surface area contributed by atoms with Crippen molar-refractivity contribution in [3.63, 3.8) is 0 Å². The highest BCUT2D eigenvalue weighted by Crippen LogP contribution is 2.30. The summed E-state index contributed by atoms with van der Waals surface area (Å²) in [6.07, 6.45) is 5.33. The fraction of sp³-hybridized carbons (Fsp3) is 0.100. The van der Waals surface area contributed by atoms with Gasteiger partial charge in [-0.1, -0.05) is 6.08 Å². The van der Waals surface area contributed by atoms with Gasteiger partial charge >= 0.3 is 0 Å². The number of nitrogens with zero attached hydrogens (tertiary/aromatic N) is 1. The van der Waals surface area contributed by atoms with Crippen molar-refractivity contribution in [3.05, 3.63) is 39.3 Å². The van der Waals surface area contributed by atoms with Gasteiger partial charge in [-0.05, 0) is 18.1 Å². The second kappa shape index (κ2) is 2.87. The quantitative estimate of drug-likeness (QED) is 0.724. The summed E-state index contributed by atoms with van der Waals surface area (Å²) in [5.74, 6) is -0.0290. The van der Waals surface area contributed by atoms with Gasteiger partial charge in [0.2, 0.25) is 0 Å². The van der Waals surface area contributed by atoms with Crippen molar-refractivity contribution in [3.8, 4) is 0 Å². The van der Waals surface area contributed by atoms with E-state index in [-0.39, 0.29) is 11.3 Å². The second-order valence-corrected chi connectivity index (χ2v) is 4.29. The van der Waals surface area contributed by atoms with Crippen LogP contribution in [0.4, 0.5) is 0 Å². The molecule has 3 rings (SSSR count). The van der Waals surface area contributed by atoms with Gasteiger partial charge in [0, 0.05) is 0 Å². The van der Waals surface area contributed by atoms with Crippen LogP contribution in [0.25, 0.3) is 10.2 Å². The van der Waals surface area contributed by atoms with Gasteiger partial charge in [0.25, 0.3) is 5.56 Å². The summed E-state index contributed by atoms with van der Waals surface area (Å²) in [5, 5.41) is 0.565. The zero-order chi connectivity index (χ0) is 10.4. The van der Waals surface area contributed by atoms with Gasteiger partial charge in [-0.15, -0.1) is 11.3 Å². The number of fused-ring (bicyclic) bond motifs is 3. The molecule has 0 radical (unpaired) electrons. The monoisotopic (exact) mass is 218 g/mol. The highest BCUT2D eigenvalue weighted by molar-refractivity contribution is 7.20. The molecule has 4 nitrogen and oxygen atoms in total. The lowest BCUT2D eigenvalue weighted by Crippen LogP contribution is -2.08. The number of ketones is 1. The van der Waals surface area contributed by atoms with E-state index in [1.807, 2.05) is 0 Å². The van der Waals surface area contributed by atoms with Crippen molar-refractivity contribution in [1.29, 1.82) is 0 Å². The van der Waals surface area contributed by atoms with E-state index in [0.717, 1.165) is 5.56 Å². The Morgan fingerprint density at radius 1 is 1.40 bits per heavy atom. The predicted molar refractivity (Wildman–Crippen MR) is 57.4 cm³/mol. The molecule has 0 saturated carbocycles. The van der Waals surface area contributed by atoms with Crippen molar-refractivity contribution >= 4 is 27.3 Å². The van der Waals surface area contributed by atoms with E-state index in [1.54, 1.807) is 12.2 Å². The number of hydrogen-bond donors (Lipinski definition) is 1. The van der Waals surface area contributed by atoms with E-state index in [0.29, 0.717) is 21.5 Å². The van der Waals surface area contributed by atoms with Gasteiger partial charge in [0.1, 0.15) is 4.83 Å². The Morgan fingerprint density at radius 2 is 2.27 bits per heavy atom. The summed E-state index contributed by atoms with van der Waals surface area (Å²) in [4.78, 5) is 31.0. The minimum Gasteiger partial charge on any atom is -0.313 e. The summed E-state index contributed by atoms with van der Waals surface area (Å²) in [6, 6.07) is 0. The third-order valence-electron chi connectivity index (χ3n) is 2.41. The maximum Gasteiger partial charge on any atom is 0.259 e. The van der Waals surface area contributed by atoms with Crippen molar-refractivity contribution in [2.24, 2.45) is 0 Å². The number of H-pyrrole nitrogens is 1. The van der Waals surface area contributed by atoms with Crippen LogP contribution in [0.5, 0.6) is 0 Å². The lowest BCUT2D eigenvalue weighted by molar-refractivity contribution is 0.104. The molecular formula is C10H6N2O2S. The van der Waals surface area contributed by atoms with Crippen LogP contribution in [0.3, 0.4) is 0 Å². The maximum atomic E-state index is 11.6. The molecule has 5 heteroatoms. The average molecular weight is 218 g/mol. The number of allylic oxidation sites excluding steroid dienone is 2. The second-order valence-electron chi connectivity index (χ2n) is 3.29. The first kappa shape index (κ1) is 8.55. The third-order valence-corrected chi connectivity index (χ3v) is 3.56. The molecule has 0 atom stereocenters. The van der Waals surface area contributed by atoms with E-state index in [4.69, 9.17) is 0 Å². The Morgan fingerprint density at radius 3 is 3.13 bits per heavy atom. The van der Waals surface area contributed by atoms with Crippen LogP contribution in [0, 0.1) is 0 Å². The number of thiophene rings is 1. The summed E-state index contributed by atoms with van der Waals surface area (Å²) in [7, 11) is 0. The van der Waals surface area contributed by atoms with Crippen LogP contribution >= 0.6 is 11.3 Å². The van der Waals surface area contributed by atoms with Crippen molar-refractivity contribution in [2.45, 2.75) is 6.42 Å². The number of aromatic nitrogens is 2. The Hall–Kier alpha value is -1.75. The molecule has 1 aliphatic carbocycles. The highest BCUT2D eigenvalue weighted by Gasteiger charge is 2.21. The minimum absolute atomic E-state index is 0.0290. The van der Waals surface area contributed by atoms with Gasteiger partial charge < -0.3 is 4.98 Å². The standard InChI is InChI=1S/C10H6N2O2S/c13-6-3-1-2-5-7-9(14)11-4-12-10(7)15-8(5)6/h1,3-4H,2H2,(H,11,12,14).